The van der Waals surface area contributed by atoms with Crippen molar-refractivity contribution in [2.75, 3.05) is 0 Å². The van der Waals surface area contributed by atoms with Crippen LogP contribution in [0.2, 0.25) is 5.02 Å². The van der Waals surface area contributed by atoms with Gasteiger partial charge < -0.3 is 9.47 Å². The molecule has 0 N–H and O–H groups in total. The van der Waals surface area contributed by atoms with Crippen LogP contribution in [0.5, 0.6) is 11.5 Å². The van der Waals surface area contributed by atoms with Crippen molar-refractivity contribution < 1.29 is 14.3 Å². The Morgan fingerprint density at radius 3 is 2.33 bits per heavy atom. The van der Waals surface area contributed by atoms with Gasteiger partial charge in [-0.3, -0.25) is 4.79 Å². The third kappa shape index (κ3) is 5.60. The Balaban J connectivity index is 1.48. The Bertz CT molecular complexity index is 1280. The average Bonchev–Trinajstić information content (AvgIpc) is 3.44. The molecule has 3 aromatic carbocycles. The number of hydrogen-bond donors (Lipinski definition) is 0. The highest BCUT2D eigenvalue weighted by atomic mass is 79.9. The summed E-state index contributed by atoms with van der Waals surface area (Å²) < 4.78 is 10.6. The van der Waals surface area contributed by atoms with Gasteiger partial charge in [-0.05, 0) is 53.3 Å². The van der Waals surface area contributed by atoms with E-state index in [2.05, 4.69) is 37.9 Å². The van der Waals surface area contributed by atoms with Crippen LogP contribution in [0.4, 0.5) is 0 Å². The molecule has 1 aliphatic rings. The van der Waals surface area contributed by atoms with Crippen LogP contribution >= 0.6 is 55.1 Å². The van der Waals surface area contributed by atoms with Crippen molar-refractivity contribution in [1.82, 2.24) is 0 Å². The van der Waals surface area contributed by atoms with E-state index in [1.54, 1.807) is 36.4 Å². The minimum atomic E-state index is -1.07. The highest BCUT2D eigenvalue weighted by Gasteiger charge is 2.68. The summed E-state index contributed by atoms with van der Waals surface area (Å²) in [4.78, 5) is 13.0. The highest BCUT2D eigenvalue weighted by molar-refractivity contribution is 9.12. The lowest BCUT2D eigenvalue weighted by molar-refractivity contribution is -0.149. The molecule has 1 aliphatic carbocycles. The van der Waals surface area contributed by atoms with Gasteiger partial charge in [0, 0.05) is 10.6 Å². The Morgan fingerprint density at radius 2 is 1.69 bits per heavy atom. The lowest BCUT2D eigenvalue weighted by Gasteiger charge is -2.28. The van der Waals surface area contributed by atoms with Crippen molar-refractivity contribution >= 4 is 61.0 Å². The van der Waals surface area contributed by atoms with Crippen molar-refractivity contribution in [3.8, 4) is 17.6 Å². The quantitative estimate of drug-likeness (QED) is 0.181. The zero-order valence-corrected chi connectivity index (χ0v) is 24.2. The van der Waals surface area contributed by atoms with E-state index < -0.39 is 21.8 Å². The summed E-state index contributed by atoms with van der Waals surface area (Å²) in [5.74, 6) is 0.209. The molecule has 5 atom stereocenters. The van der Waals surface area contributed by atoms with Gasteiger partial charge in [-0.2, -0.15) is 5.26 Å². The van der Waals surface area contributed by atoms with Gasteiger partial charge in [0.1, 0.15) is 21.4 Å². The molecule has 3 aromatic rings. The second kappa shape index (κ2) is 10.8. The molecule has 36 heavy (non-hydrogen) atoms. The third-order valence-corrected chi connectivity index (χ3v) is 10.3. The maximum absolute atomic E-state index is 13.3. The molecule has 8 heteroatoms. The van der Waals surface area contributed by atoms with Crippen molar-refractivity contribution in [3.63, 3.8) is 0 Å². The molecule has 1 saturated carbocycles. The number of alkyl halides is 3. The summed E-state index contributed by atoms with van der Waals surface area (Å²) in [7, 11) is 0. The molecular formula is C28H23Br2Cl2NO3. The van der Waals surface area contributed by atoms with E-state index in [1.807, 2.05) is 56.3 Å². The number of carbonyl (C=O) groups excluding carboxylic acids is 1. The Hall–Kier alpha value is -2.04. The van der Waals surface area contributed by atoms with Crippen molar-refractivity contribution in [2.45, 2.75) is 28.6 Å². The predicted molar refractivity (Wildman–Crippen MR) is 149 cm³/mol. The second-order valence-corrected chi connectivity index (χ2v) is 13.0. The first-order valence-corrected chi connectivity index (χ1v) is 13.7. The van der Waals surface area contributed by atoms with E-state index in [0.717, 1.165) is 5.56 Å². The first kappa shape index (κ1) is 27.0. The lowest BCUT2D eigenvalue weighted by Crippen LogP contribution is -2.27. The van der Waals surface area contributed by atoms with Gasteiger partial charge in [0.05, 0.1) is 10.7 Å². The van der Waals surface area contributed by atoms with Crippen LogP contribution < -0.4 is 4.74 Å². The highest BCUT2D eigenvalue weighted by Crippen LogP contribution is 2.66. The normalized spacial score (nSPS) is 21.4. The van der Waals surface area contributed by atoms with Crippen LogP contribution in [0.1, 0.15) is 31.1 Å². The molecule has 4 nitrogen and oxygen atoms in total. The number of nitriles is 1. The van der Waals surface area contributed by atoms with E-state index >= 15 is 0 Å². The zero-order valence-electron chi connectivity index (χ0n) is 19.5. The molecule has 0 aliphatic heterocycles. The van der Waals surface area contributed by atoms with Crippen molar-refractivity contribution in [2.24, 2.45) is 17.3 Å². The van der Waals surface area contributed by atoms with E-state index in [0.29, 0.717) is 22.1 Å². The van der Waals surface area contributed by atoms with E-state index in [4.69, 9.17) is 32.7 Å². The number of esters is 1. The monoisotopic (exact) mass is 649 g/mol. The molecule has 4 unspecified atom stereocenters. The molecule has 0 spiro atoms. The van der Waals surface area contributed by atoms with Gasteiger partial charge in [0.25, 0.3) is 0 Å². The maximum Gasteiger partial charge on any atom is 0.311 e. The molecule has 4 rings (SSSR count). The van der Waals surface area contributed by atoms with Crippen molar-refractivity contribution in [3.05, 3.63) is 95.0 Å². The fourth-order valence-corrected chi connectivity index (χ4v) is 6.64. The van der Waals surface area contributed by atoms with Gasteiger partial charge >= 0.3 is 5.97 Å². The summed E-state index contributed by atoms with van der Waals surface area (Å²) >= 11 is 20.3. The number of hydrogen-bond acceptors (Lipinski definition) is 4. The van der Waals surface area contributed by atoms with Crippen LogP contribution in [0, 0.1) is 28.6 Å². The Morgan fingerprint density at radius 1 is 1.06 bits per heavy atom. The van der Waals surface area contributed by atoms with Crippen LogP contribution in [0.15, 0.2) is 78.9 Å². The SMILES string of the molecule is CC1(C)C(C(=O)O[C@@H](C#N)c2cccc(Oc3ccccc3)c2)C1C(Br)C(Cl)(Br)c1ccc(Cl)cc1. The Labute approximate surface area is 237 Å². The lowest BCUT2D eigenvalue weighted by atomic mass is 10.0. The van der Waals surface area contributed by atoms with Crippen LogP contribution in [-0.2, 0) is 13.3 Å². The number of para-hydroxylation sites is 1. The third-order valence-electron chi connectivity index (χ3n) is 6.55. The fourth-order valence-electron chi connectivity index (χ4n) is 4.45. The smallest absolute Gasteiger partial charge is 0.311 e. The van der Waals surface area contributed by atoms with Crippen LogP contribution in [0.3, 0.4) is 0 Å². The number of nitrogens with zero attached hydrogens (tertiary/aromatic N) is 1. The van der Waals surface area contributed by atoms with E-state index in [1.165, 1.54) is 0 Å². The topological polar surface area (TPSA) is 59.3 Å². The van der Waals surface area contributed by atoms with E-state index in [-0.39, 0.29) is 16.2 Å². The summed E-state index contributed by atoms with van der Waals surface area (Å²) in [6.45, 7) is 3.99. The molecule has 0 heterocycles. The van der Waals surface area contributed by atoms with E-state index in [9.17, 15) is 10.1 Å². The molecular weight excluding hydrogens is 629 g/mol. The summed E-state index contributed by atoms with van der Waals surface area (Å²) in [5, 5.41) is 10.4. The summed E-state index contributed by atoms with van der Waals surface area (Å²) in [6.07, 6.45) is -1.07. The van der Waals surface area contributed by atoms with Crippen LogP contribution in [-0.4, -0.2) is 10.8 Å². The van der Waals surface area contributed by atoms with Gasteiger partial charge in [-0.1, -0.05) is 99.8 Å². The minimum absolute atomic E-state index is 0.135. The second-order valence-electron chi connectivity index (χ2n) is 9.29. The number of rotatable bonds is 8. The molecule has 0 amide bonds. The summed E-state index contributed by atoms with van der Waals surface area (Å²) in [6, 6.07) is 25.7. The largest absolute Gasteiger partial charge is 0.457 e. The van der Waals surface area contributed by atoms with Gasteiger partial charge in [0.15, 0.2) is 0 Å². The fraction of sp³-hybridized carbons (Fsp3) is 0.286. The Kier molecular flexibility index (Phi) is 8.07. The average molecular weight is 652 g/mol. The molecule has 0 saturated heterocycles. The predicted octanol–water partition coefficient (Wildman–Crippen LogP) is 8.76. The first-order chi connectivity index (χ1) is 17.1. The zero-order chi connectivity index (χ0) is 26.1. The molecule has 0 radical (unpaired) electrons. The van der Waals surface area contributed by atoms with Gasteiger partial charge in [-0.25, -0.2) is 0 Å². The standard InChI is InChI=1S/C28H23Br2Cl2NO3/c1-27(2)23(25(29)28(30,32)18-11-13-19(31)14-12-18)24(27)26(34)36-22(16-33)17-7-6-10-21(15-17)35-20-8-4-3-5-9-20/h3-15,22-25H,1-2H3/t22-,23?,24?,25?,28?/m0/s1. The number of ether oxygens (including phenoxy) is 2. The molecule has 1 fully saturated rings. The van der Waals surface area contributed by atoms with Gasteiger partial charge in [-0.15, -0.1) is 11.6 Å². The van der Waals surface area contributed by atoms with Gasteiger partial charge in [0.2, 0.25) is 6.10 Å². The van der Waals surface area contributed by atoms with Crippen LogP contribution in [0.25, 0.3) is 0 Å². The first-order valence-electron chi connectivity index (χ1n) is 11.3. The van der Waals surface area contributed by atoms with Crippen molar-refractivity contribution in [1.29, 1.82) is 5.26 Å². The molecule has 186 valence electrons. The minimum Gasteiger partial charge on any atom is -0.457 e. The molecule has 0 bridgehead atoms. The number of halogens is 4. The summed E-state index contributed by atoms with van der Waals surface area (Å²) in [5.41, 5.74) is 0.970. The number of carbonyl (C=O) groups is 1. The molecule has 0 aromatic heterocycles. The number of benzene rings is 3. The maximum atomic E-state index is 13.3.